The van der Waals surface area contributed by atoms with Crippen LogP contribution >= 0.6 is 21.6 Å². The molecule has 16 nitrogen and oxygen atoms in total. The van der Waals surface area contributed by atoms with Gasteiger partial charge in [0.1, 0.15) is 37.1 Å². The second-order valence-corrected chi connectivity index (χ2v) is 12.1. The SMILES string of the molecule is CC(C)(C)OC(=O)NCCSSCCOC(=O)NC/C=C/c1cn([C@H]2CC(OCN=[N+]=[N-])[C@@H](CO)O2)c(=O)nc1N. The Morgan fingerprint density at radius 1 is 1.34 bits per heavy atom. The fourth-order valence-corrected chi connectivity index (χ4v) is 5.10. The molecule has 1 fully saturated rings. The first-order valence-electron chi connectivity index (χ1n) is 12.6. The summed E-state index contributed by atoms with van der Waals surface area (Å²) in [6.07, 6.45) is 1.75. The van der Waals surface area contributed by atoms with Crippen molar-refractivity contribution in [3.8, 4) is 0 Å². The van der Waals surface area contributed by atoms with Crippen LogP contribution in [0.1, 0.15) is 39.0 Å². The molecule has 18 heteroatoms. The van der Waals surface area contributed by atoms with Crippen molar-refractivity contribution < 1.29 is 33.6 Å². The van der Waals surface area contributed by atoms with Gasteiger partial charge in [-0.25, -0.2) is 14.4 Å². The van der Waals surface area contributed by atoms with Gasteiger partial charge in [-0.3, -0.25) is 4.57 Å². The number of carbonyl (C=O) groups excluding carboxylic acids is 2. The van der Waals surface area contributed by atoms with Gasteiger partial charge in [0.2, 0.25) is 0 Å². The lowest BCUT2D eigenvalue weighted by Crippen LogP contribution is -2.33. The Bertz CT molecular complexity index is 1140. The van der Waals surface area contributed by atoms with E-state index in [4.69, 9.17) is 30.2 Å². The molecule has 1 aromatic rings. The van der Waals surface area contributed by atoms with Gasteiger partial charge >= 0.3 is 17.9 Å². The number of aliphatic hydroxyl groups is 1. The van der Waals surface area contributed by atoms with Crippen molar-refractivity contribution in [3.63, 3.8) is 0 Å². The number of carbonyl (C=O) groups is 2. The van der Waals surface area contributed by atoms with Crippen LogP contribution in [0.25, 0.3) is 16.5 Å². The molecule has 3 atom stereocenters. The zero-order chi connectivity index (χ0) is 30.3. The van der Waals surface area contributed by atoms with E-state index in [1.54, 1.807) is 32.9 Å². The van der Waals surface area contributed by atoms with Gasteiger partial charge in [0.05, 0.1) is 12.7 Å². The highest BCUT2D eigenvalue weighted by molar-refractivity contribution is 8.76. The Morgan fingerprint density at radius 2 is 2.10 bits per heavy atom. The van der Waals surface area contributed by atoms with E-state index >= 15 is 0 Å². The number of amides is 2. The maximum absolute atomic E-state index is 12.4. The van der Waals surface area contributed by atoms with E-state index in [2.05, 4.69) is 25.6 Å². The number of hydrogen-bond donors (Lipinski definition) is 4. The molecule has 0 spiro atoms. The van der Waals surface area contributed by atoms with Gasteiger partial charge in [0.25, 0.3) is 0 Å². The van der Waals surface area contributed by atoms with Crippen LogP contribution in [0.15, 0.2) is 22.2 Å². The summed E-state index contributed by atoms with van der Waals surface area (Å²) in [5.74, 6) is 1.24. The van der Waals surface area contributed by atoms with Crippen molar-refractivity contribution >= 4 is 45.7 Å². The first-order chi connectivity index (χ1) is 19.5. The molecule has 0 bridgehead atoms. The Hall–Kier alpha value is -3.15. The monoisotopic (exact) mass is 616 g/mol. The zero-order valence-electron chi connectivity index (χ0n) is 23.1. The van der Waals surface area contributed by atoms with Crippen molar-refractivity contribution in [1.29, 1.82) is 0 Å². The van der Waals surface area contributed by atoms with Gasteiger partial charge in [0, 0.05) is 47.7 Å². The van der Waals surface area contributed by atoms with Crippen molar-refractivity contribution in [1.82, 2.24) is 20.2 Å². The molecule has 228 valence electrons. The Kier molecular flexibility index (Phi) is 14.6. The molecule has 0 aromatic carbocycles. The summed E-state index contributed by atoms with van der Waals surface area (Å²) in [7, 11) is 3.05. The van der Waals surface area contributed by atoms with Crippen molar-refractivity contribution in [2.45, 2.75) is 51.2 Å². The number of alkyl carbamates (subject to hydrolysis) is 2. The second-order valence-electron chi connectivity index (χ2n) is 9.38. The largest absolute Gasteiger partial charge is 0.449 e. The smallest absolute Gasteiger partial charge is 0.407 e. The van der Waals surface area contributed by atoms with Gasteiger partial charge in [-0.15, -0.1) is 0 Å². The third-order valence-corrected chi connectivity index (χ3v) is 7.46. The molecule has 1 saturated heterocycles. The number of aromatic nitrogens is 2. The number of hydrogen-bond acceptors (Lipinski definition) is 13. The van der Waals surface area contributed by atoms with Crippen LogP contribution in [-0.2, 0) is 18.9 Å². The van der Waals surface area contributed by atoms with Crippen LogP contribution in [0.5, 0.6) is 0 Å². The van der Waals surface area contributed by atoms with Gasteiger partial charge in [-0.1, -0.05) is 38.9 Å². The van der Waals surface area contributed by atoms with Crippen molar-refractivity contribution in [3.05, 3.63) is 38.8 Å². The fraction of sp³-hybridized carbons (Fsp3) is 0.652. The van der Waals surface area contributed by atoms with Gasteiger partial charge in [-0.05, 0) is 26.3 Å². The number of aliphatic hydroxyl groups excluding tert-OH is 1. The molecule has 0 aliphatic carbocycles. The first-order valence-corrected chi connectivity index (χ1v) is 15.1. The van der Waals surface area contributed by atoms with Crippen molar-refractivity contribution in [2.24, 2.45) is 5.11 Å². The average molecular weight is 617 g/mol. The zero-order valence-corrected chi connectivity index (χ0v) is 24.7. The quantitative estimate of drug-likeness (QED) is 0.0732. The summed E-state index contributed by atoms with van der Waals surface area (Å²) >= 11 is 0. The van der Waals surface area contributed by atoms with E-state index in [-0.39, 0.29) is 38.7 Å². The molecule has 0 radical (unpaired) electrons. The van der Waals surface area contributed by atoms with E-state index in [0.717, 1.165) is 0 Å². The standard InChI is InChI=1S/C23H36N8O8S2/c1-23(2,3)39-22(35)27-7-9-40-41-10-8-36-21(34)26-6-4-5-15-12-31(20(33)29-19(15)24)18-11-16(17(13-32)38-18)37-14-28-30-25/h4-5,12,16-18,32H,6-11,13-14H2,1-3H3,(H,26,34)(H,27,35)(H2,24,29,33)/b5-4+/t16?,17-,18-/m1/s1. The van der Waals surface area contributed by atoms with Crippen LogP contribution < -0.4 is 22.1 Å². The molecule has 2 amide bonds. The van der Waals surface area contributed by atoms with E-state index < -0.39 is 41.9 Å². The van der Waals surface area contributed by atoms with Crippen molar-refractivity contribution in [2.75, 3.05) is 50.3 Å². The topological polar surface area (TPSA) is 225 Å². The Morgan fingerprint density at radius 3 is 2.80 bits per heavy atom. The molecule has 1 aliphatic rings. The maximum Gasteiger partial charge on any atom is 0.407 e. The first kappa shape index (κ1) is 34.1. The van der Waals surface area contributed by atoms with Crippen LogP contribution in [0.4, 0.5) is 15.4 Å². The number of nitrogens with two attached hydrogens (primary N) is 1. The highest BCUT2D eigenvalue weighted by Crippen LogP contribution is 2.30. The maximum atomic E-state index is 12.4. The minimum absolute atomic E-state index is 0.00578. The molecular formula is C23H36N8O8S2. The fourth-order valence-electron chi connectivity index (χ4n) is 3.37. The second kappa shape index (κ2) is 17.6. The van der Waals surface area contributed by atoms with Crippen LogP contribution in [0.3, 0.4) is 0 Å². The Labute approximate surface area is 244 Å². The third-order valence-electron chi connectivity index (χ3n) is 5.09. The van der Waals surface area contributed by atoms with Gasteiger partial charge < -0.3 is 40.4 Å². The lowest BCUT2D eigenvalue weighted by atomic mass is 10.2. The van der Waals surface area contributed by atoms with E-state index in [9.17, 15) is 19.5 Å². The highest BCUT2D eigenvalue weighted by Gasteiger charge is 2.37. The summed E-state index contributed by atoms with van der Waals surface area (Å²) in [5, 5.41) is 18.1. The summed E-state index contributed by atoms with van der Waals surface area (Å²) in [6.45, 7) is 5.60. The molecule has 5 N–H and O–H groups in total. The summed E-state index contributed by atoms with van der Waals surface area (Å²) < 4.78 is 22.6. The molecule has 1 aliphatic heterocycles. The molecule has 2 heterocycles. The Balaban J connectivity index is 1.71. The number of ether oxygens (including phenoxy) is 4. The van der Waals surface area contributed by atoms with E-state index in [1.807, 2.05) is 0 Å². The average Bonchev–Trinajstić information content (AvgIpc) is 3.31. The molecule has 0 saturated carbocycles. The number of rotatable bonds is 15. The van der Waals surface area contributed by atoms with Crippen LogP contribution in [0, 0.1) is 0 Å². The van der Waals surface area contributed by atoms with Gasteiger partial charge in [0.15, 0.2) is 0 Å². The number of anilines is 1. The van der Waals surface area contributed by atoms with E-state index in [1.165, 1.54) is 32.4 Å². The predicted molar refractivity (Wildman–Crippen MR) is 155 cm³/mol. The van der Waals surface area contributed by atoms with E-state index in [0.29, 0.717) is 23.6 Å². The molecule has 2 rings (SSSR count). The lowest BCUT2D eigenvalue weighted by Gasteiger charge is -2.19. The molecule has 1 aromatic heterocycles. The molecule has 1 unspecified atom stereocenters. The predicted octanol–water partition coefficient (Wildman–Crippen LogP) is 2.40. The summed E-state index contributed by atoms with van der Waals surface area (Å²) in [4.78, 5) is 42.3. The molecular weight excluding hydrogens is 580 g/mol. The summed E-state index contributed by atoms with van der Waals surface area (Å²) in [5.41, 5.74) is 13.5. The third kappa shape index (κ3) is 12.9. The number of nitrogens with one attached hydrogen (secondary N) is 2. The number of nitrogens with zero attached hydrogens (tertiary/aromatic N) is 5. The lowest BCUT2D eigenvalue weighted by molar-refractivity contribution is -0.0612. The summed E-state index contributed by atoms with van der Waals surface area (Å²) in [6, 6.07) is 0. The minimum atomic E-state index is -0.777. The number of nitrogen functional groups attached to an aromatic ring is 1. The number of azide groups is 1. The highest BCUT2D eigenvalue weighted by atomic mass is 33.1. The van der Waals surface area contributed by atoms with Crippen LogP contribution in [-0.4, -0.2) is 89.2 Å². The molecule has 41 heavy (non-hydrogen) atoms. The van der Waals surface area contributed by atoms with Gasteiger partial charge in [-0.2, -0.15) is 4.98 Å². The minimum Gasteiger partial charge on any atom is -0.449 e. The normalized spacial score (nSPS) is 18.6. The van der Waals surface area contributed by atoms with Crippen LogP contribution in [0.2, 0.25) is 0 Å².